The van der Waals surface area contributed by atoms with Gasteiger partial charge >= 0.3 is 0 Å². The third-order valence-corrected chi connectivity index (χ3v) is 2.96. The lowest BCUT2D eigenvalue weighted by atomic mass is 10.1. The van der Waals surface area contributed by atoms with Gasteiger partial charge in [0.25, 0.3) is 0 Å². The Labute approximate surface area is 106 Å². The van der Waals surface area contributed by atoms with Crippen molar-refractivity contribution in [2.45, 2.75) is 6.04 Å². The van der Waals surface area contributed by atoms with Crippen LogP contribution in [0.3, 0.4) is 0 Å². The molecule has 18 heavy (non-hydrogen) atoms. The molecule has 0 radical (unpaired) electrons. The SMILES string of the molecule is CN(C(=O)C(N)CO)c1ccc2ccccc2c1. The number of aliphatic hydroxyl groups excluding tert-OH is 1. The molecule has 1 amide bonds. The van der Waals surface area contributed by atoms with Crippen molar-refractivity contribution in [3.63, 3.8) is 0 Å². The summed E-state index contributed by atoms with van der Waals surface area (Å²) >= 11 is 0. The van der Waals surface area contributed by atoms with Crippen molar-refractivity contribution in [2.75, 3.05) is 18.6 Å². The van der Waals surface area contributed by atoms with Crippen LogP contribution in [0, 0.1) is 0 Å². The Hall–Kier alpha value is -1.91. The molecule has 0 fully saturated rings. The van der Waals surface area contributed by atoms with E-state index in [9.17, 15) is 4.79 Å². The second-order valence-corrected chi connectivity index (χ2v) is 4.22. The number of benzene rings is 2. The Kier molecular flexibility index (Phi) is 3.60. The molecule has 0 bridgehead atoms. The monoisotopic (exact) mass is 244 g/mol. The van der Waals surface area contributed by atoms with E-state index in [1.165, 1.54) is 4.90 Å². The summed E-state index contributed by atoms with van der Waals surface area (Å²) in [5.74, 6) is -0.298. The third-order valence-electron chi connectivity index (χ3n) is 2.96. The predicted octanol–water partition coefficient (Wildman–Crippen LogP) is 1.12. The number of amides is 1. The summed E-state index contributed by atoms with van der Waals surface area (Å²) in [4.78, 5) is 13.3. The van der Waals surface area contributed by atoms with Gasteiger partial charge in [0.15, 0.2) is 0 Å². The summed E-state index contributed by atoms with van der Waals surface area (Å²) in [6.45, 7) is -0.350. The molecule has 0 aliphatic carbocycles. The lowest BCUT2D eigenvalue weighted by Gasteiger charge is -2.20. The maximum absolute atomic E-state index is 11.9. The van der Waals surface area contributed by atoms with Crippen LogP contribution in [0.25, 0.3) is 10.8 Å². The van der Waals surface area contributed by atoms with Gasteiger partial charge in [-0.1, -0.05) is 30.3 Å². The molecule has 0 aliphatic rings. The van der Waals surface area contributed by atoms with Gasteiger partial charge in [-0.25, -0.2) is 0 Å². The first-order valence-corrected chi connectivity index (χ1v) is 5.76. The van der Waals surface area contributed by atoms with E-state index in [1.54, 1.807) is 7.05 Å². The smallest absolute Gasteiger partial charge is 0.246 e. The van der Waals surface area contributed by atoms with Crippen molar-refractivity contribution >= 4 is 22.4 Å². The molecule has 0 aromatic heterocycles. The lowest BCUT2D eigenvalue weighted by Crippen LogP contribution is -2.44. The summed E-state index contributed by atoms with van der Waals surface area (Å²) in [6.07, 6.45) is 0. The van der Waals surface area contributed by atoms with E-state index in [4.69, 9.17) is 10.8 Å². The minimum Gasteiger partial charge on any atom is -0.394 e. The van der Waals surface area contributed by atoms with Gasteiger partial charge in [-0.3, -0.25) is 4.79 Å². The Balaban J connectivity index is 2.33. The summed E-state index contributed by atoms with van der Waals surface area (Å²) < 4.78 is 0. The summed E-state index contributed by atoms with van der Waals surface area (Å²) in [7, 11) is 1.65. The van der Waals surface area contributed by atoms with E-state index in [0.29, 0.717) is 0 Å². The van der Waals surface area contributed by atoms with E-state index in [0.717, 1.165) is 16.5 Å². The molecule has 2 aromatic carbocycles. The molecule has 94 valence electrons. The quantitative estimate of drug-likeness (QED) is 0.850. The van der Waals surface area contributed by atoms with Crippen molar-refractivity contribution in [3.05, 3.63) is 42.5 Å². The molecule has 2 aromatic rings. The van der Waals surface area contributed by atoms with Crippen LogP contribution in [0.15, 0.2) is 42.5 Å². The van der Waals surface area contributed by atoms with E-state index in [2.05, 4.69) is 0 Å². The zero-order valence-corrected chi connectivity index (χ0v) is 10.2. The van der Waals surface area contributed by atoms with Crippen LogP contribution in [0.4, 0.5) is 5.69 Å². The molecular formula is C14H16N2O2. The molecule has 1 atom stereocenters. The number of nitrogens with two attached hydrogens (primary N) is 1. The number of anilines is 1. The van der Waals surface area contributed by atoms with Crippen molar-refractivity contribution in [1.82, 2.24) is 0 Å². The fraction of sp³-hybridized carbons (Fsp3) is 0.214. The molecule has 1 unspecified atom stereocenters. The Morgan fingerprint density at radius 3 is 2.61 bits per heavy atom. The molecule has 0 heterocycles. The van der Waals surface area contributed by atoms with Gasteiger partial charge in [0.2, 0.25) is 5.91 Å². The molecule has 2 rings (SSSR count). The van der Waals surface area contributed by atoms with Crippen molar-refractivity contribution in [1.29, 1.82) is 0 Å². The minimum absolute atomic E-state index is 0.298. The Morgan fingerprint density at radius 1 is 1.28 bits per heavy atom. The average Bonchev–Trinajstić information content (AvgIpc) is 2.44. The van der Waals surface area contributed by atoms with Crippen LogP contribution in [-0.2, 0) is 4.79 Å². The number of aliphatic hydroxyl groups is 1. The van der Waals surface area contributed by atoms with E-state index in [1.807, 2.05) is 42.5 Å². The number of hydrogen-bond acceptors (Lipinski definition) is 3. The standard InChI is InChI=1S/C14H16N2O2/c1-16(14(18)13(15)9-17)12-7-6-10-4-2-3-5-11(10)8-12/h2-8,13,17H,9,15H2,1H3. The predicted molar refractivity (Wildman–Crippen MR) is 72.4 cm³/mol. The van der Waals surface area contributed by atoms with E-state index >= 15 is 0 Å². The van der Waals surface area contributed by atoms with Crippen molar-refractivity contribution < 1.29 is 9.90 Å². The summed E-state index contributed by atoms with van der Waals surface area (Å²) in [6, 6.07) is 12.8. The van der Waals surface area contributed by atoms with Gasteiger partial charge in [0, 0.05) is 12.7 Å². The molecule has 0 saturated carbocycles. The zero-order valence-electron chi connectivity index (χ0n) is 10.2. The Bertz CT molecular complexity index is 568. The largest absolute Gasteiger partial charge is 0.394 e. The van der Waals surface area contributed by atoms with Crippen molar-refractivity contribution in [3.8, 4) is 0 Å². The van der Waals surface area contributed by atoms with Crippen LogP contribution in [0.5, 0.6) is 0 Å². The second-order valence-electron chi connectivity index (χ2n) is 4.22. The first-order chi connectivity index (χ1) is 8.63. The van der Waals surface area contributed by atoms with Gasteiger partial charge in [-0.2, -0.15) is 0 Å². The maximum Gasteiger partial charge on any atom is 0.246 e. The second kappa shape index (κ2) is 5.16. The van der Waals surface area contributed by atoms with Crippen LogP contribution >= 0.6 is 0 Å². The molecule has 3 N–H and O–H groups in total. The van der Waals surface area contributed by atoms with E-state index < -0.39 is 6.04 Å². The molecule has 4 nitrogen and oxygen atoms in total. The number of carbonyl (C=O) groups excluding carboxylic acids is 1. The van der Waals surface area contributed by atoms with Gasteiger partial charge in [0.1, 0.15) is 6.04 Å². The molecule has 0 aliphatic heterocycles. The highest BCUT2D eigenvalue weighted by atomic mass is 16.3. The van der Waals surface area contributed by atoms with Crippen LogP contribution in [0.2, 0.25) is 0 Å². The maximum atomic E-state index is 11.9. The number of carbonyl (C=O) groups is 1. The molecule has 0 saturated heterocycles. The van der Waals surface area contributed by atoms with Crippen LogP contribution < -0.4 is 10.6 Å². The fourth-order valence-electron chi connectivity index (χ4n) is 1.84. The molecule has 4 heteroatoms. The zero-order chi connectivity index (χ0) is 13.1. The Morgan fingerprint density at radius 2 is 1.94 bits per heavy atom. The number of fused-ring (bicyclic) bond motifs is 1. The fourth-order valence-corrected chi connectivity index (χ4v) is 1.84. The van der Waals surface area contributed by atoms with Gasteiger partial charge in [-0.15, -0.1) is 0 Å². The van der Waals surface area contributed by atoms with E-state index in [-0.39, 0.29) is 12.5 Å². The van der Waals surface area contributed by atoms with Gasteiger partial charge in [-0.05, 0) is 22.9 Å². The lowest BCUT2D eigenvalue weighted by molar-refractivity contribution is -0.120. The first-order valence-electron chi connectivity index (χ1n) is 5.76. The van der Waals surface area contributed by atoms with Crippen LogP contribution in [-0.4, -0.2) is 30.7 Å². The number of hydrogen-bond donors (Lipinski definition) is 2. The average molecular weight is 244 g/mol. The molecule has 0 spiro atoms. The van der Waals surface area contributed by atoms with Gasteiger partial charge < -0.3 is 15.7 Å². The topological polar surface area (TPSA) is 66.6 Å². The van der Waals surface area contributed by atoms with Crippen LogP contribution in [0.1, 0.15) is 0 Å². The first kappa shape index (κ1) is 12.5. The summed E-state index contributed by atoms with van der Waals surface area (Å²) in [5.41, 5.74) is 6.29. The third kappa shape index (κ3) is 2.34. The number of nitrogens with zero attached hydrogens (tertiary/aromatic N) is 1. The molecular weight excluding hydrogens is 228 g/mol. The normalized spacial score (nSPS) is 12.4. The number of rotatable bonds is 3. The van der Waals surface area contributed by atoms with Crippen molar-refractivity contribution in [2.24, 2.45) is 5.73 Å². The minimum atomic E-state index is -0.874. The van der Waals surface area contributed by atoms with Gasteiger partial charge in [0.05, 0.1) is 6.61 Å². The highest BCUT2D eigenvalue weighted by Crippen LogP contribution is 2.21. The highest BCUT2D eigenvalue weighted by Gasteiger charge is 2.18. The number of likely N-dealkylation sites (N-methyl/N-ethyl adjacent to an activating group) is 1. The highest BCUT2D eigenvalue weighted by molar-refractivity contribution is 5.98. The summed E-state index contributed by atoms with van der Waals surface area (Å²) in [5, 5.41) is 11.1.